The number of benzene rings is 4. The number of Topliss-reactive ketones (excluding diaryl/α,β-unsaturated/α-hetero) is 1. The predicted molar refractivity (Wildman–Crippen MR) is 181 cm³/mol. The van der Waals surface area contributed by atoms with Crippen LogP contribution in [0.15, 0.2) is 84.9 Å². The van der Waals surface area contributed by atoms with Crippen LogP contribution in [0.1, 0.15) is 52.6 Å². The largest absolute Gasteiger partial charge is 0.489 e. The second kappa shape index (κ2) is 13.5. The molecule has 1 fully saturated rings. The maximum atomic E-state index is 14.2. The van der Waals surface area contributed by atoms with Gasteiger partial charge in [-0.15, -0.1) is 0 Å². The number of amides is 2. The van der Waals surface area contributed by atoms with Crippen LogP contribution in [0, 0.1) is 39.5 Å². The number of ether oxygens (including phenoxy) is 1. The third-order valence-corrected chi connectivity index (χ3v) is 9.10. The summed E-state index contributed by atoms with van der Waals surface area (Å²) in [5, 5.41) is 18.3. The Hall–Kier alpha value is -4.46. The Bertz CT molecular complexity index is 1800. The van der Waals surface area contributed by atoms with E-state index in [1.54, 1.807) is 30.3 Å². The zero-order valence-corrected chi connectivity index (χ0v) is 27.4. The van der Waals surface area contributed by atoms with Gasteiger partial charge in [-0.2, -0.15) is 0 Å². The molecule has 0 aromatic heterocycles. The summed E-state index contributed by atoms with van der Waals surface area (Å²) in [7, 11) is 0. The highest BCUT2D eigenvalue weighted by molar-refractivity contribution is 6.31. The summed E-state index contributed by atoms with van der Waals surface area (Å²) in [5.74, 6) is -4.41. The van der Waals surface area contributed by atoms with Gasteiger partial charge in [-0.25, -0.2) is 0 Å². The van der Waals surface area contributed by atoms with Gasteiger partial charge >= 0.3 is 0 Å². The molecule has 8 heteroatoms. The molecule has 0 heterocycles. The van der Waals surface area contributed by atoms with Crippen molar-refractivity contribution in [3.05, 3.63) is 123 Å². The molecule has 4 unspecified atom stereocenters. The Labute approximate surface area is 275 Å². The lowest BCUT2D eigenvalue weighted by molar-refractivity contribution is -0.150. The van der Waals surface area contributed by atoms with Crippen molar-refractivity contribution < 1.29 is 24.2 Å². The first kappa shape index (κ1) is 32.9. The molecule has 1 saturated carbocycles. The average molecular weight is 639 g/mol. The second-order valence-electron chi connectivity index (χ2n) is 12.5. The van der Waals surface area contributed by atoms with Gasteiger partial charge in [-0.05, 0) is 92.8 Å². The fourth-order valence-electron chi connectivity index (χ4n) is 6.24. The zero-order valence-electron chi connectivity index (χ0n) is 26.7. The van der Waals surface area contributed by atoms with Crippen molar-refractivity contribution in [2.45, 2.75) is 59.2 Å². The number of hydrogen-bond donors (Lipinski definition) is 3. The SMILES string of the molecule is Cc1ccc(C)c(NC(=O)C2C(=O)CC(C)(O)C(C(=O)Nc3cc(C)ccc3C)C2c2cccc(OCc3ccccc3Cl)c2)c1. The number of nitrogens with one attached hydrogen (secondary N) is 2. The first-order valence-electron chi connectivity index (χ1n) is 15.3. The van der Waals surface area contributed by atoms with Crippen LogP contribution in [0.5, 0.6) is 5.75 Å². The van der Waals surface area contributed by atoms with E-state index in [1.165, 1.54) is 6.92 Å². The van der Waals surface area contributed by atoms with Gasteiger partial charge in [0.05, 0.1) is 11.5 Å². The van der Waals surface area contributed by atoms with E-state index in [2.05, 4.69) is 10.6 Å². The summed E-state index contributed by atoms with van der Waals surface area (Å²) < 4.78 is 6.09. The number of ketones is 1. The summed E-state index contributed by atoms with van der Waals surface area (Å²) >= 11 is 6.34. The molecular weight excluding hydrogens is 600 g/mol. The van der Waals surface area contributed by atoms with E-state index in [0.717, 1.165) is 27.8 Å². The zero-order chi connectivity index (χ0) is 33.2. The van der Waals surface area contributed by atoms with Crippen molar-refractivity contribution in [2.75, 3.05) is 10.6 Å². The minimum Gasteiger partial charge on any atom is -0.489 e. The van der Waals surface area contributed by atoms with E-state index in [1.807, 2.05) is 82.3 Å². The molecule has 5 rings (SSSR count). The quantitative estimate of drug-likeness (QED) is 0.174. The topological polar surface area (TPSA) is 105 Å². The van der Waals surface area contributed by atoms with Gasteiger partial charge in [0.1, 0.15) is 24.1 Å². The Morgan fingerprint density at radius 3 is 2.09 bits per heavy atom. The maximum absolute atomic E-state index is 14.2. The minimum absolute atomic E-state index is 0.192. The molecule has 7 nitrogen and oxygen atoms in total. The number of hydrogen-bond acceptors (Lipinski definition) is 5. The van der Waals surface area contributed by atoms with Crippen molar-refractivity contribution in [1.82, 2.24) is 0 Å². The van der Waals surface area contributed by atoms with Crippen molar-refractivity contribution in [3.8, 4) is 5.75 Å². The molecule has 1 aliphatic carbocycles. The first-order valence-corrected chi connectivity index (χ1v) is 15.7. The van der Waals surface area contributed by atoms with Gasteiger partial charge in [0.2, 0.25) is 11.8 Å². The molecule has 4 aromatic rings. The van der Waals surface area contributed by atoms with Crippen LogP contribution in [0.25, 0.3) is 0 Å². The van der Waals surface area contributed by atoms with Crippen molar-refractivity contribution in [2.24, 2.45) is 11.8 Å². The lowest BCUT2D eigenvalue weighted by atomic mass is 9.61. The number of halogens is 1. The average Bonchev–Trinajstić information content (AvgIpc) is 2.99. The monoisotopic (exact) mass is 638 g/mol. The molecule has 2 amide bonds. The fraction of sp³-hybridized carbons (Fsp3) is 0.289. The lowest BCUT2D eigenvalue weighted by Crippen LogP contribution is -2.56. The molecular formula is C38H39ClN2O5. The highest BCUT2D eigenvalue weighted by Gasteiger charge is 2.56. The van der Waals surface area contributed by atoms with Crippen LogP contribution >= 0.6 is 11.6 Å². The van der Waals surface area contributed by atoms with E-state index in [9.17, 15) is 19.5 Å². The van der Waals surface area contributed by atoms with Gasteiger partial charge < -0.3 is 20.5 Å². The molecule has 4 atom stereocenters. The number of carbonyl (C=O) groups is 3. The highest BCUT2D eigenvalue weighted by Crippen LogP contribution is 2.47. The van der Waals surface area contributed by atoms with Crippen LogP contribution in [0.2, 0.25) is 5.02 Å². The summed E-state index contributed by atoms with van der Waals surface area (Å²) in [5.41, 5.74) is 4.35. The first-order chi connectivity index (χ1) is 21.8. The second-order valence-corrected chi connectivity index (χ2v) is 13.0. The van der Waals surface area contributed by atoms with Gasteiger partial charge in [0, 0.05) is 34.3 Å². The molecule has 0 bridgehead atoms. The van der Waals surface area contributed by atoms with Crippen LogP contribution in [-0.2, 0) is 21.0 Å². The molecule has 238 valence electrons. The third-order valence-electron chi connectivity index (χ3n) is 8.73. The Morgan fingerprint density at radius 1 is 0.848 bits per heavy atom. The third kappa shape index (κ3) is 7.16. The van der Waals surface area contributed by atoms with Crippen LogP contribution in [0.4, 0.5) is 11.4 Å². The van der Waals surface area contributed by atoms with Crippen LogP contribution in [-0.4, -0.2) is 28.3 Å². The normalized spacial score (nSPS) is 21.0. The minimum atomic E-state index is -1.74. The highest BCUT2D eigenvalue weighted by atomic mass is 35.5. The summed E-state index contributed by atoms with van der Waals surface area (Å²) in [6.07, 6.45) is -0.359. The number of anilines is 2. The summed E-state index contributed by atoms with van der Waals surface area (Å²) in [6.45, 7) is 9.28. The van der Waals surface area contributed by atoms with Gasteiger partial charge in [-0.1, -0.05) is 66.2 Å². The Morgan fingerprint density at radius 2 is 1.46 bits per heavy atom. The van der Waals surface area contributed by atoms with E-state index >= 15 is 0 Å². The van der Waals surface area contributed by atoms with Crippen LogP contribution < -0.4 is 15.4 Å². The molecule has 3 N–H and O–H groups in total. The van der Waals surface area contributed by atoms with E-state index < -0.39 is 41.0 Å². The summed E-state index contributed by atoms with van der Waals surface area (Å²) in [6, 6.07) is 25.8. The molecule has 1 aliphatic rings. The van der Waals surface area contributed by atoms with E-state index in [-0.39, 0.29) is 13.0 Å². The standard InChI is InChI=1S/C38H39ClN2O5/c1-22-13-15-24(3)30(17-22)40-36(43)34-32(42)20-38(5,45)35(37(44)41-31-18-23(2)14-16-25(31)4)33(34)26-10-8-11-28(19-26)46-21-27-9-6-7-12-29(27)39/h6-19,33-35,45H,20-21H2,1-5H3,(H,40,43)(H,41,44). The predicted octanol–water partition coefficient (Wildman–Crippen LogP) is 7.47. The number of aliphatic hydroxyl groups is 1. The number of carbonyl (C=O) groups excluding carboxylic acids is 3. The number of rotatable bonds is 8. The van der Waals surface area contributed by atoms with Gasteiger partial charge in [0.15, 0.2) is 0 Å². The van der Waals surface area contributed by atoms with Crippen molar-refractivity contribution in [3.63, 3.8) is 0 Å². The Balaban J connectivity index is 1.57. The fourth-order valence-corrected chi connectivity index (χ4v) is 6.43. The molecule has 4 aromatic carbocycles. The van der Waals surface area contributed by atoms with E-state index in [4.69, 9.17) is 16.3 Å². The van der Waals surface area contributed by atoms with Crippen LogP contribution in [0.3, 0.4) is 0 Å². The van der Waals surface area contributed by atoms with Gasteiger partial charge in [-0.3, -0.25) is 14.4 Å². The molecule has 0 radical (unpaired) electrons. The van der Waals surface area contributed by atoms with E-state index in [0.29, 0.717) is 27.7 Å². The maximum Gasteiger partial charge on any atom is 0.235 e. The molecule has 0 spiro atoms. The smallest absolute Gasteiger partial charge is 0.235 e. The molecule has 0 aliphatic heterocycles. The summed E-state index contributed by atoms with van der Waals surface area (Å²) in [4.78, 5) is 42.2. The van der Waals surface area contributed by atoms with Crippen molar-refractivity contribution in [1.29, 1.82) is 0 Å². The Kier molecular flexibility index (Phi) is 9.66. The van der Waals surface area contributed by atoms with Gasteiger partial charge in [0.25, 0.3) is 0 Å². The molecule has 0 saturated heterocycles. The molecule has 46 heavy (non-hydrogen) atoms. The number of aryl methyl sites for hydroxylation is 4. The van der Waals surface area contributed by atoms with Crippen molar-refractivity contribution >= 4 is 40.6 Å². The lowest BCUT2D eigenvalue weighted by Gasteiger charge is -2.44.